The minimum atomic E-state index is -0.684. The second kappa shape index (κ2) is 7.80. The molecule has 1 unspecified atom stereocenters. The summed E-state index contributed by atoms with van der Waals surface area (Å²) in [6.07, 6.45) is 0.0166. The summed E-state index contributed by atoms with van der Waals surface area (Å²) >= 11 is 6.55. The number of hydrogen-bond donors (Lipinski definition) is 0. The number of carbonyl (C=O) groups is 1. The summed E-state index contributed by atoms with van der Waals surface area (Å²) in [5.41, 5.74) is 1.51. The lowest BCUT2D eigenvalue weighted by atomic mass is 9.96. The van der Waals surface area contributed by atoms with Gasteiger partial charge in [0.05, 0.1) is 39.0 Å². The van der Waals surface area contributed by atoms with Crippen molar-refractivity contribution in [1.29, 1.82) is 0 Å². The molecule has 1 aliphatic rings. The van der Waals surface area contributed by atoms with Gasteiger partial charge in [0.1, 0.15) is 17.2 Å². The van der Waals surface area contributed by atoms with Crippen molar-refractivity contribution in [3.63, 3.8) is 0 Å². The third kappa shape index (κ3) is 3.28. The van der Waals surface area contributed by atoms with Crippen LogP contribution in [-0.4, -0.2) is 34.7 Å². The zero-order chi connectivity index (χ0) is 19.6. The highest BCUT2D eigenvalue weighted by molar-refractivity contribution is 6.38. The van der Waals surface area contributed by atoms with E-state index in [4.69, 9.17) is 35.3 Å². The molecule has 0 aromatic heterocycles. The fraction of sp³-hybridized carbons (Fsp3) is 0.250. The number of fused-ring (bicyclic) bond motifs is 1. The summed E-state index contributed by atoms with van der Waals surface area (Å²) in [4.78, 5) is 11.8. The Bertz CT molecular complexity index is 906. The summed E-state index contributed by atoms with van der Waals surface area (Å²) in [6, 6.07) is 8.69. The van der Waals surface area contributed by atoms with Crippen molar-refractivity contribution in [1.82, 2.24) is 0 Å². The summed E-state index contributed by atoms with van der Waals surface area (Å²) < 4.78 is 27.4. The lowest BCUT2D eigenvalue weighted by Crippen LogP contribution is -2.16. The lowest BCUT2D eigenvalue weighted by molar-refractivity contribution is -0.103. The Morgan fingerprint density at radius 2 is 1.63 bits per heavy atom. The van der Waals surface area contributed by atoms with Crippen molar-refractivity contribution in [3.8, 4) is 28.7 Å². The number of aldehydes is 1. The first-order valence-corrected chi connectivity index (χ1v) is 8.45. The first-order valence-electron chi connectivity index (χ1n) is 8.07. The molecule has 2 aromatic carbocycles. The SMILES string of the molecule is COc1cc(OC)c2c(c1)OC(c1ccc(OC)c(OC)c1)C(Cl)=C2C=O. The molecule has 1 atom stereocenters. The molecule has 7 heteroatoms. The number of methoxy groups -OCH3 is 4. The maximum atomic E-state index is 11.8. The quantitative estimate of drug-likeness (QED) is 0.694. The predicted molar refractivity (Wildman–Crippen MR) is 101 cm³/mol. The summed E-state index contributed by atoms with van der Waals surface area (Å²) in [5.74, 6) is 2.54. The topological polar surface area (TPSA) is 63.2 Å². The third-order valence-electron chi connectivity index (χ3n) is 4.32. The minimum absolute atomic E-state index is 0.258. The van der Waals surface area contributed by atoms with E-state index in [9.17, 15) is 4.79 Å². The Hall–Kier alpha value is -2.86. The van der Waals surface area contributed by atoms with Crippen LogP contribution in [0.25, 0.3) is 5.57 Å². The molecule has 0 bridgehead atoms. The molecule has 1 aliphatic heterocycles. The van der Waals surface area contributed by atoms with Gasteiger partial charge in [-0.25, -0.2) is 0 Å². The zero-order valence-corrected chi connectivity index (χ0v) is 16.1. The van der Waals surface area contributed by atoms with Crippen molar-refractivity contribution >= 4 is 23.5 Å². The van der Waals surface area contributed by atoms with Crippen molar-refractivity contribution in [2.24, 2.45) is 0 Å². The summed E-state index contributed by atoms with van der Waals surface area (Å²) in [7, 11) is 6.15. The molecule has 0 fully saturated rings. The van der Waals surface area contributed by atoms with Gasteiger partial charge in [-0.3, -0.25) is 4.79 Å². The van der Waals surface area contributed by atoms with Crippen molar-refractivity contribution in [2.45, 2.75) is 6.10 Å². The Morgan fingerprint density at radius 1 is 0.926 bits per heavy atom. The Balaban J connectivity index is 2.16. The molecule has 0 spiro atoms. The van der Waals surface area contributed by atoms with Crippen LogP contribution in [0, 0.1) is 0 Å². The number of halogens is 1. The molecule has 0 amide bonds. The van der Waals surface area contributed by atoms with E-state index in [0.29, 0.717) is 51.7 Å². The molecule has 6 nitrogen and oxygen atoms in total. The minimum Gasteiger partial charge on any atom is -0.496 e. The first-order chi connectivity index (χ1) is 13.1. The Labute approximate surface area is 162 Å². The fourth-order valence-electron chi connectivity index (χ4n) is 2.99. The van der Waals surface area contributed by atoms with Gasteiger partial charge in [-0.1, -0.05) is 17.7 Å². The van der Waals surface area contributed by atoms with Gasteiger partial charge in [0.25, 0.3) is 0 Å². The van der Waals surface area contributed by atoms with E-state index in [2.05, 4.69) is 0 Å². The van der Waals surface area contributed by atoms with Crippen LogP contribution in [0.2, 0.25) is 0 Å². The van der Waals surface area contributed by atoms with Crippen LogP contribution in [0.1, 0.15) is 17.2 Å². The van der Waals surface area contributed by atoms with E-state index in [1.807, 2.05) is 0 Å². The van der Waals surface area contributed by atoms with Crippen molar-refractivity contribution in [3.05, 3.63) is 46.5 Å². The standard InChI is InChI=1S/C20H19ClO6/c1-23-12-8-16(26-4)18-13(10-22)19(21)20(27-17(18)9-12)11-5-6-14(24-2)15(7-11)25-3/h5-10,20H,1-4H3. The van der Waals surface area contributed by atoms with Crippen molar-refractivity contribution < 1.29 is 28.5 Å². The molecular weight excluding hydrogens is 372 g/mol. The molecule has 0 aliphatic carbocycles. The number of ether oxygens (including phenoxy) is 5. The zero-order valence-electron chi connectivity index (χ0n) is 15.4. The molecular formula is C20H19ClO6. The van der Waals surface area contributed by atoms with Gasteiger partial charge in [0, 0.05) is 23.3 Å². The second-order valence-corrected chi connectivity index (χ2v) is 6.10. The largest absolute Gasteiger partial charge is 0.496 e. The smallest absolute Gasteiger partial charge is 0.161 e. The normalized spacial score (nSPS) is 15.5. The number of carbonyl (C=O) groups excluding carboxylic acids is 1. The van der Waals surface area contributed by atoms with Gasteiger partial charge in [-0.2, -0.15) is 0 Å². The van der Waals surface area contributed by atoms with Crippen LogP contribution in [-0.2, 0) is 4.79 Å². The molecule has 27 heavy (non-hydrogen) atoms. The average Bonchev–Trinajstić information content (AvgIpc) is 2.71. The van der Waals surface area contributed by atoms with Crippen molar-refractivity contribution in [2.75, 3.05) is 28.4 Å². The van der Waals surface area contributed by atoms with E-state index < -0.39 is 6.10 Å². The Kier molecular flexibility index (Phi) is 5.46. The van der Waals surface area contributed by atoms with E-state index in [1.165, 1.54) is 7.11 Å². The number of rotatable bonds is 6. The summed E-state index contributed by atoms with van der Waals surface area (Å²) in [6.45, 7) is 0. The average molecular weight is 391 g/mol. The van der Waals surface area contributed by atoms with Gasteiger partial charge in [-0.05, 0) is 12.1 Å². The fourth-order valence-corrected chi connectivity index (χ4v) is 3.30. The molecule has 0 saturated heterocycles. The number of allylic oxidation sites excluding steroid dienone is 1. The molecule has 3 rings (SSSR count). The molecule has 2 aromatic rings. The predicted octanol–water partition coefficient (Wildman–Crippen LogP) is 4.00. The number of hydrogen-bond acceptors (Lipinski definition) is 6. The number of benzene rings is 2. The molecule has 0 N–H and O–H groups in total. The van der Waals surface area contributed by atoms with Crippen LogP contribution in [0.15, 0.2) is 35.4 Å². The Morgan fingerprint density at radius 3 is 2.22 bits per heavy atom. The molecule has 0 saturated carbocycles. The van der Waals surface area contributed by atoms with Crippen LogP contribution >= 0.6 is 11.6 Å². The second-order valence-electron chi connectivity index (χ2n) is 5.69. The van der Waals surface area contributed by atoms with Gasteiger partial charge < -0.3 is 23.7 Å². The van der Waals surface area contributed by atoms with E-state index in [-0.39, 0.29) is 5.03 Å². The summed E-state index contributed by atoms with van der Waals surface area (Å²) in [5, 5.41) is 0.258. The van der Waals surface area contributed by atoms with Gasteiger partial charge >= 0.3 is 0 Å². The van der Waals surface area contributed by atoms with Gasteiger partial charge in [0.15, 0.2) is 23.9 Å². The van der Waals surface area contributed by atoms with Crippen LogP contribution in [0.3, 0.4) is 0 Å². The van der Waals surface area contributed by atoms with Crippen LogP contribution < -0.4 is 23.7 Å². The molecule has 0 radical (unpaired) electrons. The highest BCUT2D eigenvalue weighted by Gasteiger charge is 2.32. The van der Waals surface area contributed by atoms with Gasteiger partial charge in [-0.15, -0.1) is 0 Å². The van der Waals surface area contributed by atoms with E-state index >= 15 is 0 Å². The molecule has 1 heterocycles. The van der Waals surface area contributed by atoms with Crippen LogP contribution in [0.4, 0.5) is 0 Å². The highest BCUT2D eigenvalue weighted by atomic mass is 35.5. The van der Waals surface area contributed by atoms with E-state index in [1.54, 1.807) is 51.7 Å². The monoisotopic (exact) mass is 390 g/mol. The van der Waals surface area contributed by atoms with E-state index in [0.717, 1.165) is 0 Å². The third-order valence-corrected chi connectivity index (χ3v) is 4.73. The van der Waals surface area contributed by atoms with Gasteiger partial charge in [0.2, 0.25) is 0 Å². The maximum absolute atomic E-state index is 11.8. The lowest BCUT2D eigenvalue weighted by Gasteiger charge is -2.28. The first kappa shape index (κ1) is 18.9. The highest BCUT2D eigenvalue weighted by Crippen LogP contribution is 2.49. The van der Waals surface area contributed by atoms with Crippen LogP contribution in [0.5, 0.6) is 28.7 Å². The maximum Gasteiger partial charge on any atom is 0.161 e. The molecule has 142 valence electrons.